The zero-order chi connectivity index (χ0) is 12.5. The van der Waals surface area contributed by atoms with Crippen LogP contribution in [-0.2, 0) is 13.8 Å². The van der Waals surface area contributed by atoms with Gasteiger partial charge in [0.2, 0.25) is 0 Å². The molecule has 0 aromatic heterocycles. The van der Waals surface area contributed by atoms with E-state index in [2.05, 4.69) is 4.52 Å². The second-order valence-electron chi connectivity index (χ2n) is 3.41. The molecular weight excluding hydrogens is 245 g/mol. The highest BCUT2D eigenvalue weighted by Crippen LogP contribution is 2.36. The molecule has 1 saturated heterocycles. The fourth-order valence-electron chi connectivity index (χ4n) is 1.28. The van der Waals surface area contributed by atoms with Crippen molar-refractivity contribution in [3.05, 3.63) is 0 Å². The third-order valence-corrected chi connectivity index (χ3v) is 2.66. The summed E-state index contributed by atoms with van der Waals surface area (Å²) in [7, 11) is -4.70. The Bertz CT molecular complexity index is 282. The van der Waals surface area contributed by atoms with Crippen molar-refractivity contribution in [2.24, 2.45) is 5.73 Å². The molecule has 0 aromatic carbocycles. The molecule has 10 heteroatoms. The van der Waals surface area contributed by atoms with Gasteiger partial charge in [0.05, 0.1) is 12.6 Å². The standard InChI is InChI=1S/C6H14NO8P/c7-3-5(9)4(8)2(15-6(3)10)1-14-16(11,12)13/h2-6,8-10H,1,7H2,(H2,11,12,13)/t2-,3-,4-,5+,6?/m1/s1. The minimum atomic E-state index is -4.70. The highest BCUT2D eigenvalue weighted by atomic mass is 31.2. The second kappa shape index (κ2) is 5.05. The first kappa shape index (κ1) is 14.0. The first-order valence-corrected chi connectivity index (χ1v) is 5.91. The number of hydrogen-bond acceptors (Lipinski definition) is 7. The summed E-state index contributed by atoms with van der Waals surface area (Å²) in [6.45, 7) is -0.674. The molecule has 0 amide bonds. The monoisotopic (exact) mass is 259 g/mol. The number of aliphatic hydroxyl groups excluding tert-OH is 3. The van der Waals surface area contributed by atoms with Crippen LogP contribution < -0.4 is 5.73 Å². The van der Waals surface area contributed by atoms with Crippen molar-refractivity contribution in [1.82, 2.24) is 0 Å². The first-order chi connectivity index (χ1) is 7.22. The number of phosphoric acid groups is 1. The maximum absolute atomic E-state index is 10.4. The van der Waals surface area contributed by atoms with Gasteiger partial charge in [-0.05, 0) is 0 Å². The summed E-state index contributed by atoms with van der Waals surface area (Å²) in [5.41, 5.74) is 5.28. The molecule has 7 N–H and O–H groups in total. The summed E-state index contributed by atoms with van der Waals surface area (Å²) in [5.74, 6) is 0. The Morgan fingerprint density at radius 2 is 1.81 bits per heavy atom. The number of ether oxygens (including phenoxy) is 1. The number of aliphatic hydroxyl groups is 3. The largest absolute Gasteiger partial charge is 0.469 e. The molecule has 0 radical (unpaired) electrons. The molecule has 5 atom stereocenters. The lowest BCUT2D eigenvalue weighted by molar-refractivity contribution is -0.247. The molecule has 1 unspecified atom stereocenters. The van der Waals surface area contributed by atoms with Gasteiger partial charge in [-0.1, -0.05) is 0 Å². The van der Waals surface area contributed by atoms with Gasteiger partial charge in [-0.25, -0.2) is 4.57 Å². The molecule has 9 nitrogen and oxygen atoms in total. The third kappa shape index (κ3) is 3.45. The van der Waals surface area contributed by atoms with Crippen molar-refractivity contribution in [2.45, 2.75) is 30.6 Å². The lowest BCUT2D eigenvalue weighted by atomic mass is 9.98. The lowest BCUT2D eigenvalue weighted by Gasteiger charge is -2.38. The lowest BCUT2D eigenvalue weighted by Crippen LogP contribution is -2.61. The molecule has 0 aromatic rings. The average Bonchev–Trinajstić information content (AvgIpc) is 2.17. The Hall–Kier alpha value is -0.0900. The van der Waals surface area contributed by atoms with E-state index in [4.69, 9.17) is 20.3 Å². The summed E-state index contributed by atoms with van der Waals surface area (Å²) in [5, 5.41) is 28.0. The maximum Gasteiger partial charge on any atom is 0.469 e. The van der Waals surface area contributed by atoms with E-state index in [9.17, 15) is 19.9 Å². The molecule has 0 aliphatic carbocycles. The van der Waals surface area contributed by atoms with Crippen LogP contribution >= 0.6 is 7.82 Å². The molecule has 1 heterocycles. The van der Waals surface area contributed by atoms with Crippen molar-refractivity contribution in [3.63, 3.8) is 0 Å². The van der Waals surface area contributed by atoms with Gasteiger partial charge in [0.15, 0.2) is 6.29 Å². The minimum absolute atomic E-state index is 0.674. The van der Waals surface area contributed by atoms with E-state index in [1.807, 2.05) is 0 Å². The van der Waals surface area contributed by atoms with E-state index < -0.39 is 45.1 Å². The molecule has 1 aliphatic rings. The zero-order valence-corrected chi connectivity index (χ0v) is 8.97. The highest BCUT2D eigenvalue weighted by Gasteiger charge is 2.42. The van der Waals surface area contributed by atoms with Gasteiger partial charge in [-0.3, -0.25) is 4.52 Å². The predicted octanol–water partition coefficient (Wildman–Crippen LogP) is -3.14. The molecule has 0 spiro atoms. The molecule has 1 fully saturated rings. The van der Waals surface area contributed by atoms with Gasteiger partial charge < -0.3 is 35.6 Å². The molecule has 0 saturated carbocycles. The van der Waals surface area contributed by atoms with Crippen molar-refractivity contribution in [2.75, 3.05) is 6.61 Å². The fourth-order valence-corrected chi connectivity index (χ4v) is 1.62. The molecule has 96 valence electrons. The van der Waals surface area contributed by atoms with E-state index in [1.54, 1.807) is 0 Å². The first-order valence-electron chi connectivity index (χ1n) is 4.37. The number of hydrogen-bond donors (Lipinski definition) is 6. The van der Waals surface area contributed by atoms with Crippen molar-refractivity contribution in [1.29, 1.82) is 0 Å². The molecule has 1 rings (SSSR count). The van der Waals surface area contributed by atoms with Crippen LogP contribution in [0.15, 0.2) is 0 Å². The van der Waals surface area contributed by atoms with Crippen LogP contribution in [0.1, 0.15) is 0 Å². The maximum atomic E-state index is 10.4. The highest BCUT2D eigenvalue weighted by molar-refractivity contribution is 7.46. The van der Waals surface area contributed by atoms with Crippen LogP contribution in [0.2, 0.25) is 0 Å². The number of phosphoric ester groups is 1. The van der Waals surface area contributed by atoms with Gasteiger partial charge in [0.1, 0.15) is 18.3 Å². The minimum Gasteiger partial charge on any atom is -0.388 e. The molecule has 16 heavy (non-hydrogen) atoms. The SMILES string of the molecule is N[C@H]1C(O)O[C@H](COP(=O)(O)O)[C@@H](O)[C@H]1O. The van der Waals surface area contributed by atoms with Crippen molar-refractivity contribution in [3.8, 4) is 0 Å². The summed E-state index contributed by atoms with van der Waals surface area (Å²) in [4.78, 5) is 16.8. The Morgan fingerprint density at radius 1 is 1.25 bits per heavy atom. The topological polar surface area (TPSA) is 163 Å². The van der Waals surface area contributed by atoms with Gasteiger partial charge in [0, 0.05) is 0 Å². The van der Waals surface area contributed by atoms with Gasteiger partial charge >= 0.3 is 7.82 Å². The third-order valence-electron chi connectivity index (χ3n) is 2.18. The summed E-state index contributed by atoms with van der Waals surface area (Å²) < 4.78 is 19.2. The molecule has 1 aliphatic heterocycles. The quantitative estimate of drug-likeness (QED) is 0.287. The van der Waals surface area contributed by atoms with Crippen LogP contribution in [0.3, 0.4) is 0 Å². The number of nitrogens with two attached hydrogens (primary N) is 1. The second-order valence-corrected chi connectivity index (χ2v) is 4.65. The van der Waals surface area contributed by atoms with Crippen molar-refractivity contribution < 1.29 is 38.9 Å². The summed E-state index contributed by atoms with van der Waals surface area (Å²) in [6.07, 6.45) is -5.76. The summed E-state index contributed by atoms with van der Waals surface area (Å²) >= 11 is 0. The predicted molar refractivity (Wildman–Crippen MR) is 48.9 cm³/mol. The van der Waals surface area contributed by atoms with E-state index in [1.165, 1.54) is 0 Å². The summed E-state index contributed by atoms with van der Waals surface area (Å²) in [6, 6.07) is -1.19. The Labute approximate surface area is 90.6 Å². The van der Waals surface area contributed by atoms with E-state index in [-0.39, 0.29) is 0 Å². The Kier molecular flexibility index (Phi) is 4.41. The molecular formula is C6H14NO8P. The zero-order valence-electron chi connectivity index (χ0n) is 8.08. The van der Waals surface area contributed by atoms with Gasteiger partial charge in [0.25, 0.3) is 0 Å². The average molecular weight is 259 g/mol. The van der Waals surface area contributed by atoms with E-state index in [0.29, 0.717) is 0 Å². The van der Waals surface area contributed by atoms with Gasteiger partial charge in [-0.15, -0.1) is 0 Å². The van der Waals surface area contributed by atoms with Crippen LogP contribution in [0.5, 0.6) is 0 Å². The van der Waals surface area contributed by atoms with Crippen LogP contribution in [0.25, 0.3) is 0 Å². The van der Waals surface area contributed by atoms with E-state index >= 15 is 0 Å². The Balaban J connectivity index is 2.57. The normalized spacial score (nSPS) is 41.0. The van der Waals surface area contributed by atoms with Gasteiger partial charge in [-0.2, -0.15) is 0 Å². The van der Waals surface area contributed by atoms with Crippen molar-refractivity contribution >= 4 is 7.82 Å². The van der Waals surface area contributed by atoms with Crippen LogP contribution in [-0.4, -0.2) is 62.4 Å². The van der Waals surface area contributed by atoms with Crippen LogP contribution in [0.4, 0.5) is 0 Å². The fraction of sp³-hybridized carbons (Fsp3) is 1.00. The van der Waals surface area contributed by atoms with Crippen LogP contribution in [0, 0.1) is 0 Å². The Morgan fingerprint density at radius 3 is 2.31 bits per heavy atom. The molecule has 0 bridgehead atoms. The smallest absolute Gasteiger partial charge is 0.388 e. The van der Waals surface area contributed by atoms with E-state index in [0.717, 1.165) is 0 Å². The number of rotatable bonds is 3.